The van der Waals surface area contributed by atoms with Gasteiger partial charge in [0.15, 0.2) is 5.84 Å². The van der Waals surface area contributed by atoms with Crippen LogP contribution >= 0.6 is 0 Å². The highest BCUT2D eigenvalue weighted by Gasteiger charge is 2.32. The number of alkyl halides is 3. The number of anilines is 1. The monoisotopic (exact) mass is 290 g/mol. The summed E-state index contributed by atoms with van der Waals surface area (Å²) in [6.45, 7) is 2.46. The Bertz CT molecular complexity index is 488. The van der Waals surface area contributed by atoms with Crippen molar-refractivity contribution in [2.24, 2.45) is 10.9 Å². The predicted molar refractivity (Wildman–Crippen MR) is 70.0 cm³/mol. The van der Waals surface area contributed by atoms with Crippen LogP contribution in [0.4, 0.5) is 19.0 Å². The van der Waals surface area contributed by atoms with Gasteiger partial charge < -0.3 is 15.8 Å². The van der Waals surface area contributed by atoms with Crippen LogP contribution < -0.4 is 10.6 Å². The average molecular weight is 290 g/mol. The van der Waals surface area contributed by atoms with Crippen molar-refractivity contribution in [1.82, 2.24) is 4.98 Å². The summed E-state index contributed by atoms with van der Waals surface area (Å²) in [5.74, 6) is -0.199. The summed E-state index contributed by atoms with van der Waals surface area (Å²) in [7, 11) is 0. The zero-order chi connectivity index (χ0) is 15.3. The third-order valence-corrected chi connectivity index (χ3v) is 2.56. The summed E-state index contributed by atoms with van der Waals surface area (Å²) in [6.07, 6.45) is -3.84. The number of pyridine rings is 1. The first-order valence-corrected chi connectivity index (χ1v) is 6.05. The zero-order valence-corrected chi connectivity index (χ0v) is 11.3. The molecule has 0 aliphatic rings. The van der Waals surface area contributed by atoms with E-state index in [4.69, 9.17) is 10.9 Å². The van der Waals surface area contributed by atoms with Crippen LogP contribution in [0.2, 0.25) is 0 Å². The zero-order valence-electron chi connectivity index (χ0n) is 11.3. The van der Waals surface area contributed by atoms with E-state index in [9.17, 15) is 13.2 Å². The predicted octanol–water partition coefficient (Wildman–Crippen LogP) is 2.26. The fraction of sp³-hybridized carbons (Fsp3) is 0.500. The van der Waals surface area contributed by atoms with Crippen molar-refractivity contribution in [3.05, 3.63) is 23.4 Å². The number of nitrogens with zero attached hydrogens (tertiary/aromatic N) is 3. The van der Waals surface area contributed by atoms with Gasteiger partial charge in [-0.3, -0.25) is 0 Å². The first kappa shape index (κ1) is 16.1. The van der Waals surface area contributed by atoms with E-state index in [-0.39, 0.29) is 23.8 Å². The minimum atomic E-state index is -4.36. The van der Waals surface area contributed by atoms with Crippen molar-refractivity contribution < 1.29 is 18.4 Å². The van der Waals surface area contributed by atoms with Gasteiger partial charge in [0, 0.05) is 12.2 Å². The van der Waals surface area contributed by atoms with E-state index >= 15 is 0 Å². The second-order valence-corrected chi connectivity index (χ2v) is 4.35. The molecule has 0 atom stereocenters. The van der Waals surface area contributed by atoms with Gasteiger partial charge >= 0.3 is 6.18 Å². The average Bonchev–Trinajstić information content (AvgIpc) is 2.35. The summed E-state index contributed by atoms with van der Waals surface area (Å²) in [5, 5.41) is 11.6. The van der Waals surface area contributed by atoms with Gasteiger partial charge in [0.1, 0.15) is 12.4 Å². The molecule has 0 bridgehead atoms. The number of halogens is 3. The molecule has 0 aromatic carbocycles. The van der Waals surface area contributed by atoms with E-state index in [1.807, 2.05) is 0 Å². The quantitative estimate of drug-likeness (QED) is 0.377. The van der Waals surface area contributed by atoms with Gasteiger partial charge in [-0.05, 0) is 25.5 Å². The minimum absolute atomic E-state index is 0.0690. The maximum atomic E-state index is 12.6. The van der Waals surface area contributed by atoms with E-state index in [0.717, 1.165) is 4.90 Å². The lowest BCUT2D eigenvalue weighted by Gasteiger charge is -2.26. The van der Waals surface area contributed by atoms with Crippen molar-refractivity contribution >= 4 is 11.7 Å². The Kier molecular flexibility index (Phi) is 5.18. The molecule has 0 aliphatic carbocycles. The van der Waals surface area contributed by atoms with Crippen LogP contribution in [-0.2, 0) is 0 Å². The van der Waals surface area contributed by atoms with Crippen molar-refractivity contribution in [3.8, 4) is 0 Å². The van der Waals surface area contributed by atoms with E-state index in [0.29, 0.717) is 12.1 Å². The molecular weight excluding hydrogens is 273 g/mol. The Morgan fingerprint density at radius 1 is 1.45 bits per heavy atom. The second kappa shape index (κ2) is 6.44. The van der Waals surface area contributed by atoms with Crippen molar-refractivity contribution in [2.75, 3.05) is 18.0 Å². The third kappa shape index (κ3) is 4.29. The number of rotatable bonds is 5. The van der Waals surface area contributed by atoms with Crippen LogP contribution in [0.25, 0.3) is 0 Å². The number of amidine groups is 1. The van der Waals surface area contributed by atoms with Crippen LogP contribution in [0.15, 0.2) is 17.3 Å². The molecule has 1 aromatic rings. The minimum Gasteiger partial charge on any atom is -0.409 e. The topological polar surface area (TPSA) is 74.7 Å². The number of hydrogen-bond acceptors (Lipinski definition) is 4. The van der Waals surface area contributed by atoms with Gasteiger partial charge in [-0.2, -0.15) is 13.2 Å². The maximum Gasteiger partial charge on any atom is 0.405 e. The molecule has 0 spiro atoms. The highest BCUT2D eigenvalue weighted by atomic mass is 19.4. The highest BCUT2D eigenvalue weighted by molar-refractivity contribution is 6.01. The van der Waals surface area contributed by atoms with E-state index < -0.39 is 12.7 Å². The van der Waals surface area contributed by atoms with Crippen molar-refractivity contribution in [2.45, 2.75) is 26.4 Å². The first-order chi connectivity index (χ1) is 9.28. The molecule has 5 nitrogen and oxygen atoms in total. The van der Waals surface area contributed by atoms with Crippen molar-refractivity contribution in [1.29, 1.82) is 0 Å². The number of aryl methyl sites for hydroxylation is 1. The molecule has 1 rings (SSSR count). The Labute approximate surface area is 114 Å². The molecule has 1 aromatic heterocycles. The lowest BCUT2D eigenvalue weighted by atomic mass is 10.2. The number of hydrogen-bond donors (Lipinski definition) is 2. The third-order valence-electron chi connectivity index (χ3n) is 2.56. The fourth-order valence-electron chi connectivity index (χ4n) is 1.78. The molecule has 0 amide bonds. The molecule has 0 radical (unpaired) electrons. The van der Waals surface area contributed by atoms with Crippen molar-refractivity contribution in [3.63, 3.8) is 0 Å². The number of oxime groups is 1. The van der Waals surface area contributed by atoms with Gasteiger partial charge in [-0.15, -0.1) is 0 Å². The molecule has 1 heterocycles. The van der Waals surface area contributed by atoms with Crippen LogP contribution in [0, 0.1) is 6.92 Å². The molecule has 0 fully saturated rings. The number of aromatic nitrogens is 1. The van der Waals surface area contributed by atoms with Crippen LogP contribution in [-0.4, -0.2) is 35.3 Å². The highest BCUT2D eigenvalue weighted by Crippen LogP contribution is 2.24. The smallest absolute Gasteiger partial charge is 0.405 e. The van der Waals surface area contributed by atoms with Gasteiger partial charge in [0.05, 0.1) is 5.56 Å². The first-order valence-electron chi connectivity index (χ1n) is 6.05. The number of nitrogens with two attached hydrogens (primary N) is 1. The van der Waals surface area contributed by atoms with Gasteiger partial charge in [0.25, 0.3) is 0 Å². The SMILES string of the molecule is CCCN(CC(F)(F)F)c1nc(C)ccc1C(N)=NO. The standard InChI is InChI=1S/C12H17F3N4O/c1-3-6-19(7-12(13,14)15)11-9(10(16)18-20)5-4-8(2)17-11/h4-5,20H,3,6-7H2,1-2H3,(H2,16,18). The summed E-state index contributed by atoms with van der Waals surface area (Å²) >= 11 is 0. The molecule has 0 aliphatic heterocycles. The van der Waals surface area contributed by atoms with Gasteiger partial charge in [-0.25, -0.2) is 4.98 Å². The lowest BCUT2D eigenvalue weighted by Crippen LogP contribution is -2.37. The van der Waals surface area contributed by atoms with Crippen LogP contribution in [0.3, 0.4) is 0 Å². The maximum absolute atomic E-state index is 12.6. The Balaban J connectivity index is 3.27. The summed E-state index contributed by atoms with van der Waals surface area (Å²) in [6, 6.07) is 3.08. The van der Waals surface area contributed by atoms with Gasteiger partial charge in [-0.1, -0.05) is 12.1 Å². The molecule has 112 valence electrons. The Morgan fingerprint density at radius 2 is 2.10 bits per heavy atom. The second-order valence-electron chi connectivity index (χ2n) is 4.35. The van der Waals surface area contributed by atoms with Crippen LogP contribution in [0.5, 0.6) is 0 Å². The lowest BCUT2D eigenvalue weighted by molar-refractivity contribution is -0.119. The molecule has 20 heavy (non-hydrogen) atoms. The molecule has 0 saturated carbocycles. The summed E-state index contributed by atoms with van der Waals surface area (Å²) < 4.78 is 37.9. The Morgan fingerprint density at radius 3 is 2.60 bits per heavy atom. The molecular formula is C12H17F3N4O. The molecule has 3 N–H and O–H groups in total. The summed E-state index contributed by atoms with van der Waals surface area (Å²) in [5.41, 5.74) is 6.23. The Hall–Kier alpha value is -1.99. The fourth-order valence-corrected chi connectivity index (χ4v) is 1.78. The van der Waals surface area contributed by atoms with Gasteiger partial charge in [0.2, 0.25) is 0 Å². The largest absolute Gasteiger partial charge is 0.409 e. The van der Waals surface area contributed by atoms with E-state index in [1.54, 1.807) is 19.9 Å². The van der Waals surface area contributed by atoms with E-state index in [1.165, 1.54) is 6.07 Å². The van der Waals surface area contributed by atoms with E-state index in [2.05, 4.69) is 10.1 Å². The molecule has 0 unspecified atom stereocenters. The van der Waals surface area contributed by atoms with Crippen LogP contribution in [0.1, 0.15) is 24.6 Å². The molecule has 0 saturated heterocycles. The summed E-state index contributed by atoms with van der Waals surface area (Å²) in [4.78, 5) is 5.18. The molecule has 8 heteroatoms. The normalized spacial score (nSPS) is 12.6.